The van der Waals surface area contributed by atoms with Gasteiger partial charge in [-0.15, -0.1) is 11.3 Å². The highest BCUT2D eigenvalue weighted by Crippen LogP contribution is 2.28. The van der Waals surface area contributed by atoms with E-state index < -0.39 is 5.91 Å². The fourth-order valence-electron chi connectivity index (χ4n) is 2.85. The summed E-state index contributed by atoms with van der Waals surface area (Å²) in [7, 11) is 0. The Labute approximate surface area is 150 Å². The lowest BCUT2D eigenvalue weighted by Gasteiger charge is -2.13. The van der Waals surface area contributed by atoms with E-state index in [0.717, 1.165) is 22.1 Å². The molecule has 0 aliphatic rings. The third-order valence-corrected chi connectivity index (χ3v) is 5.11. The molecule has 0 aliphatic heterocycles. The van der Waals surface area contributed by atoms with E-state index in [0.29, 0.717) is 12.1 Å². The molecular formula is C19H18N4OS. The SMILES string of the molecule is Cc1ccccc1Cn1c(-c2csc(CC#N)n2)cc(C(N)=O)c1C. The zero-order valence-electron chi connectivity index (χ0n) is 14.1. The summed E-state index contributed by atoms with van der Waals surface area (Å²) in [5.74, 6) is -0.449. The number of aromatic nitrogens is 2. The van der Waals surface area contributed by atoms with Crippen molar-refractivity contribution in [3.05, 3.63) is 63.1 Å². The zero-order chi connectivity index (χ0) is 18.0. The van der Waals surface area contributed by atoms with Crippen molar-refractivity contribution >= 4 is 17.2 Å². The van der Waals surface area contributed by atoms with Crippen LogP contribution in [0, 0.1) is 25.2 Å². The van der Waals surface area contributed by atoms with Gasteiger partial charge >= 0.3 is 0 Å². The van der Waals surface area contributed by atoms with Crippen LogP contribution in [0.1, 0.15) is 32.2 Å². The van der Waals surface area contributed by atoms with E-state index in [9.17, 15) is 4.79 Å². The zero-order valence-corrected chi connectivity index (χ0v) is 14.9. The number of benzene rings is 1. The number of nitriles is 1. The average Bonchev–Trinajstić information content (AvgIpc) is 3.15. The maximum Gasteiger partial charge on any atom is 0.250 e. The topological polar surface area (TPSA) is 84.7 Å². The van der Waals surface area contributed by atoms with E-state index >= 15 is 0 Å². The molecule has 3 rings (SSSR count). The van der Waals surface area contributed by atoms with Crippen LogP contribution in [-0.2, 0) is 13.0 Å². The molecular weight excluding hydrogens is 332 g/mol. The number of nitrogens with zero attached hydrogens (tertiary/aromatic N) is 3. The van der Waals surface area contributed by atoms with Crippen LogP contribution in [0.5, 0.6) is 0 Å². The van der Waals surface area contributed by atoms with Gasteiger partial charge in [0.15, 0.2) is 0 Å². The van der Waals surface area contributed by atoms with Crippen molar-refractivity contribution in [2.24, 2.45) is 5.73 Å². The molecule has 0 aliphatic carbocycles. The Morgan fingerprint density at radius 2 is 2.12 bits per heavy atom. The monoisotopic (exact) mass is 350 g/mol. The van der Waals surface area contributed by atoms with Gasteiger partial charge in [-0.25, -0.2) is 4.98 Å². The first-order chi connectivity index (χ1) is 12.0. The van der Waals surface area contributed by atoms with E-state index in [-0.39, 0.29) is 6.42 Å². The number of thiazole rings is 1. The lowest BCUT2D eigenvalue weighted by Crippen LogP contribution is -2.13. The fourth-order valence-corrected chi connectivity index (χ4v) is 3.57. The van der Waals surface area contributed by atoms with Crippen LogP contribution in [-0.4, -0.2) is 15.5 Å². The van der Waals surface area contributed by atoms with Gasteiger partial charge in [0, 0.05) is 17.6 Å². The summed E-state index contributed by atoms with van der Waals surface area (Å²) in [6, 6.07) is 12.1. The molecule has 0 unspecified atom stereocenters. The first-order valence-electron chi connectivity index (χ1n) is 7.87. The second-order valence-corrected chi connectivity index (χ2v) is 6.81. The molecule has 1 amide bonds. The molecule has 6 heteroatoms. The number of amides is 1. The van der Waals surface area contributed by atoms with Gasteiger partial charge in [0.1, 0.15) is 5.01 Å². The van der Waals surface area contributed by atoms with E-state index in [4.69, 9.17) is 11.0 Å². The molecule has 0 saturated heterocycles. The highest BCUT2D eigenvalue weighted by Gasteiger charge is 2.19. The summed E-state index contributed by atoms with van der Waals surface area (Å²) >= 11 is 1.45. The van der Waals surface area contributed by atoms with Gasteiger partial charge in [-0.05, 0) is 31.0 Å². The molecule has 5 nitrogen and oxygen atoms in total. The number of rotatable bonds is 5. The fraction of sp³-hybridized carbons (Fsp3) is 0.211. The van der Waals surface area contributed by atoms with E-state index in [2.05, 4.69) is 34.7 Å². The molecule has 1 aromatic carbocycles. The second kappa shape index (κ2) is 6.91. The third kappa shape index (κ3) is 3.32. The highest BCUT2D eigenvalue weighted by molar-refractivity contribution is 7.10. The van der Waals surface area contributed by atoms with Crippen LogP contribution >= 0.6 is 11.3 Å². The lowest BCUT2D eigenvalue weighted by molar-refractivity contribution is 0.0999. The number of primary amides is 1. The molecule has 0 saturated carbocycles. The molecule has 2 aromatic heterocycles. The summed E-state index contributed by atoms with van der Waals surface area (Å²) in [5, 5.41) is 11.5. The maximum atomic E-state index is 11.8. The van der Waals surface area contributed by atoms with E-state index in [1.807, 2.05) is 24.4 Å². The maximum absolute atomic E-state index is 11.8. The predicted octanol–water partition coefficient (Wildman–Crippen LogP) is 3.44. The number of carbonyl (C=O) groups excluding carboxylic acids is 1. The molecule has 126 valence electrons. The minimum atomic E-state index is -0.449. The largest absolute Gasteiger partial charge is 0.366 e. The van der Waals surface area contributed by atoms with Gasteiger partial charge in [0.25, 0.3) is 5.91 Å². The lowest BCUT2D eigenvalue weighted by atomic mass is 10.1. The van der Waals surface area contributed by atoms with Gasteiger partial charge < -0.3 is 10.3 Å². The normalized spacial score (nSPS) is 10.6. The van der Waals surface area contributed by atoms with Crippen LogP contribution in [0.2, 0.25) is 0 Å². The molecule has 25 heavy (non-hydrogen) atoms. The van der Waals surface area contributed by atoms with Crippen molar-refractivity contribution in [1.29, 1.82) is 5.26 Å². The van der Waals surface area contributed by atoms with E-state index in [1.165, 1.54) is 22.5 Å². The molecule has 2 N–H and O–H groups in total. The molecule has 0 radical (unpaired) electrons. The minimum Gasteiger partial charge on any atom is -0.366 e. The Kier molecular flexibility index (Phi) is 4.68. The van der Waals surface area contributed by atoms with Crippen LogP contribution < -0.4 is 5.73 Å². The quantitative estimate of drug-likeness (QED) is 0.765. The Hall–Kier alpha value is -2.91. The molecule has 0 atom stereocenters. The van der Waals surface area contributed by atoms with Crippen molar-refractivity contribution in [3.63, 3.8) is 0 Å². The van der Waals surface area contributed by atoms with Gasteiger partial charge in [-0.1, -0.05) is 24.3 Å². The van der Waals surface area contributed by atoms with Gasteiger partial charge in [-0.3, -0.25) is 4.79 Å². The van der Waals surface area contributed by atoms with Crippen molar-refractivity contribution in [3.8, 4) is 17.5 Å². The number of hydrogen-bond acceptors (Lipinski definition) is 4. The standard InChI is InChI=1S/C19H18N4OS/c1-12-5-3-4-6-14(12)10-23-13(2)15(19(21)24)9-17(23)16-11-25-18(22-16)7-8-20/h3-6,9,11H,7,10H2,1-2H3,(H2,21,24). The second-order valence-electron chi connectivity index (χ2n) is 5.87. The summed E-state index contributed by atoms with van der Waals surface area (Å²) < 4.78 is 2.06. The van der Waals surface area contributed by atoms with Crippen LogP contribution in [0.3, 0.4) is 0 Å². The number of carbonyl (C=O) groups is 1. The molecule has 0 bridgehead atoms. The Bertz CT molecular complexity index is 978. The van der Waals surface area contributed by atoms with Gasteiger partial charge in [0.2, 0.25) is 0 Å². The highest BCUT2D eigenvalue weighted by atomic mass is 32.1. The van der Waals surface area contributed by atoms with E-state index in [1.54, 1.807) is 6.07 Å². The van der Waals surface area contributed by atoms with Crippen LogP contribution in [0.4, 0.5) is 0 Å². The summed E-state index contributed by atoms with van der Waals surface area (Å²) in [6.07, 6.45) is 0.283. The molecule has 0 spiro atoms. The molecule has 0 fully saturated rings. The smallest absolute Gasteiger partial charge is 0.250 e. The van der Waals surface area contributed by atoms with Crippen LogP contribution in [0.15, 0.2) is 35.7 Å². The Morgan fingerprint density at radius 3 is 2.80 bits per heavy atom. The van der Waals surface area contributed by atoms with Crippen molar-refractivity contribution in [2.75, 3.05) is 0 Å². The summed E-state index contributed by atoms with van der Waals surface area (Å²) in [4.78, 5) is 16.3. The van der Waals surface area contributed by atoms with Crippen molar-refractivity contribution in [2.45, 2.75) is 26.8 Å². The first kappa shape index (κ1) is 16.9. The predicted molar refractivity (Wildman–Crippen MR) is 98.4 cm³/mol. The molecule has 2 heterocycles. The van der Waals surface area contributed by atoms with Crippen molar-refractivity contribution < 1.29 is 4.79 Å². The Morgan fingerprint density at radius 1 is 1.36 bits per heavy atom. The number of aryl methyl sites for hydroxylation is 1. The van der Waals surface area contributed by atoms with Crippen molar-refractivity contribution in [1.82, 2.24) is 9.55 Å². The van der Waals surface area contributed by atoms with Gasteiger partial charge in [-0.2, -0.15) is 5.26 Å². The summed E-state index contributed by atoms with van der Waals surface area (Å²) in [5.41, 5.74) is 10.8. The average molecular weight is 350 g/mol. The number of nitrogens with two attached hydrogens (primary N) is 1. The Balaban J connectivity index is 2.10. The summed E-state index contributed by atoms with van der Waals surface area (Å²) in [6.45, 7) is 4.59. The minimum absolute atomic E-state index is 0.283. The first-order valence-corrected chi connectivity index (χ1v) is 8.75. The number of hydrogen-bond donors (Lipinski definition) is 1. The molecule has 3 aromatic rings. The third-order valence-electron chi connectivity index (χ3n) is 4.27. The van der Waals surface area contributed by atoms with Crippen LogP contribution in [0.25, 0.3) is 11.4 Å². The van der Waals surface area contributed by atoms with Gasteiger partial charge in [0.05, 0.1) is 29.4 Å².